The first-order valence-electron chi connectivity index (χ1n) is 8.51. The molecule has 1 aliphatic rings. The normalized spacial score (nSPS) is 14.8. The van der Waals surface area contributed by atoms with Crippen molar-refractivity contribution >= 4 is 34.0 Å². The molecule has 1 heterocycles. The highest BCUT2D eigenvalue weighted by Gasteiger charge is 2.30. The molecule has 9 nitrogen and oxygen atoms in total. The highest BCUT2D eigenvalue weighted by atomic mass is 35.5. The van der Waals surface area contributed by atoms with Gasteiger partial charge in [-0.05, 0) is 38.1 Å². The van der Waals surface area contributed by atoms with Gasteiger partial charge in [-0.1, -0.05) is 0 Å². The second kappa shape index (κ2) is 8.91. The summed E-state index contributed by atoms with van der Waals surface area (Å²) in [5.74, 6) is -0.104. The Morgan fingerprint density at radius 3 is 2.61 bits per heavy atom. The van der Waals surface area contributed by atoms with E-state index in [1.807, 2.05) is 0 Å². The molecule has 2 aromatic rings. The number of rotatable bonds is 8. The number of anilines is 1. The lowest BCUT2D eigenvalue weighted by atomic mass is 10.1. The van der Waals surface area contributed by atoms with Gasteiger partial charge in [-0.3, -0.25) is 9.48 Å². The van der Waals surface area contributed by atoms with E-state index in [1.54, 1.807) is 37.2 Å². The van der Waals surface area contributed by atoms with Crippen LogP contribution in [0.2, 0.25) is 0 Å². The van der Waals surface area contributed by atoms with Crippen LogP contribution >= 0.6 is 12.4 Å². The molecule has 28 heavy (non-hydrogen) atoms. The molecule has 1 saturated carbocycles. The molecule has 3 N–H and O–H groups in total. The first-order valence-corrected chi connectivity index (χ1v) is 9.99. The number of ether oxygens (including phenoxy) is 1. The summed E-state index contributed by atoms with van der Waals surface area (Å²) < 4.78 is 34.6. The number of nitrogens with one attached hydrogen (secondary N) is 3. The van der Waals surface area contributed by atoms with Crippen molar-refractivity contribution in [1.29, 1.82) is 0 Å². The van der Waals surface area contributed by atoms with Gasteiger partial charge in [0.15, 0.2) is 0 Å². The van der Waals surface area contributed by atoms with Crippen molar-refractivity contribution in [2.24, 2.45) is 7.05 Å². The quantitative estimate of drug-likeness (QED) is 0.580. The number of nitrogens with zero attached hydrogens (tertiary/aromatic N) is 2. The van der Waals surface area contributed by atoms with Crippen molar-refractivity contribution < 1.29 is 17.9 Å². The number of hydrogen-bond acceptors (Lipinski definition) is 6. The van der Waals surface area contributed by atoms with Crippen LogP contribution < -0.4 is 20.1 Å². The van der Waals surface area contributed by atoms with E-state index in [0.29, 0.717) is 11.3 Å². The molecule has 154 valence electrons. The fourth-order valence-electron chi connectivity index (χ4n) is 2.70. The Hall–Kier alpha value is -2.14. The molecule has 11 heteroatoms. The highest BCUT2D eigenvalue weighted by Crippen LogP contribution is 2.30. The summed E-state index contributed by atoms with van der Waals surface area (Å²) in [6.45, 7) is 0. The summed E-state index contributed by atoms with van der Waals surface area (Å²) in [7, 11) is 1.11. The molecule has 3 rings (SSSR count). The van der Waals surface area contributed by atoms with Gasteiger partial charge in [0.1, 0.15) is 16.7 Å². The third-order valence-corrected chi connectivity index (χ3v) is 5.77. The third kappa shape index (κ3) is 5.02. The average molecular weight is 430 g/mol. The van der Waals surface area contributed by atoms with Gasteiger partial charge in [-0.2, -0.15) is 5.10 Å². The van der Waals surface area contributed by atoms with Crippen molar-refractivity contribution in [3.8, 4) is 5.75 Å². The number of benzene rings is 1. The Bertz CT molecular complexity index is 943. The number of carbonyl (C=O) groups excluding carboxylic acids is 1. The van der Waals surface area contributed by atoms with E-state index in [2.05, 4.69) is 20.5 Å². The largest absolute Gasteiger partial charge is 0.495 e. The summed E-state index contributed by atoms with van der Waals surface area (Å²) in [6, 6.07) is 3.87. The van der Waals surface area contributed by atoms with Crippen LogP contribution in [0, 0.1) is 0 Å². The van der Waals surface area contributed by atoms with Crippen molar-refractivity contribution in [2.75, 3.05) is 19.5 Å². The standard InChI is InChI=1S/C17H23N5O4S.ClH/c1-18-16(11-9-19-22(2)10-11)17(23)20-13-6-7-14(26-3)15(8-13)27(24,25)21-12-4-5-12;/h6-10,12,16,18,21H,4-5H2,1-3H3,(H,20,23);1H. The molecule has 1 aromatic carbocycles. The van der Waals surface area contributed by atoms with Crippen LogP contribution in [0.3, 0.4) is 0 Å². The van der Waals surface area contributed by atoms with E-state index in [9.17, 15) is 13.2 Å². The molecular formula is C17H24ClN5O4S. The van der Waals surface area contributed by atoms with Crippen molar-refractivity contribution in [1.82, 2.24) is 19.8 Å². The van der Waals surface area contributed by atoms with Crippen molar-refractivity contribution in [2.45, 2.75) is 29.8 Å². The zero-order chi connectivity index (χ0) is 19.6. The van der Waals surface area contributed by atoms with Gasteiger partial charge in [0.05, 0.1) is 13.3 Å². The molecule has 1 aromatic heterocycles. The predicted octanol–water partition coefficient (Wildman–Crippen LogP) is 1.19. The number of sulfonamides is 1. The maximum Gasteiger partial charge on any atom is 0.246 e. The summed E-state index contributed by atoms with van der Waals surface area (Å²) in [5, 5.41) is 9.75. The van der Waals surface area contributed by atoms with Crippen molar-refractivity contribution in [3.05, 3.63) is 36.2 Å². The summed E-state index contributed by atoms with van der Waals surface area (Å²) in [5.41, 5.74) is 1.07. The zero-order valence-electron chi connectivity index (χ0n) is 15.8. The minimum absolute atomic E-state index is 0. The second-order valence-electron chi connectivity index (χ2n) is 6.42. The minimum Gasteiger partial charge on any atom is -0.495 e. The van der Waals surface area contributed by atoms with Gasteiger partial charge in [-0.15, -0.1) is 12.4 Å². The molecule has 0 aliphatic heterocycles. The lowest BCUT2D eigenvalue weighted by Gasteiger charge is -2.16. The first kappa shape index (κ1) is 22.2. The molecule has 1 atom stereocenters. The van der Waals surface area contributed by atoms with Crippen LogP contribution in [-0.2, 0) is 21.9 Å². The van der Waals surface area contributed by atoms with E-state index in [4.69, 9.17) is 4.74 Å². The van der Waals surface area contributed by atoms with Gasteiger partial charge in [0.25, 0.3) is 0 Å². The summed E-state index contributed by atoms with van der Waals surface area (Å²) in [6.07, 6.45) is 4.99. The number of halogens is 1. The fraction of sp³-hybridized carbons (Fsp3) is 0.412. The maximum absolute atomic E-state index is 12.6. The van der Waals surface area contributed by atoms with Crippen LogP contribution in [-0.4, -0.2) is 44.3 Å². The fourth-order valence-corrected chi connectivity index (χ4v) is 4.20. The Morgan fingerprint density at radius 1 is 1.36 bits per heavy atom. The van der Waals surface area contributed by atoms with Crippen LogP contribution in [0.15, 0.2) is 35.5 Å². The number of hydrogen-bond donors (Lipinski definition) is 3. The van der Waals surface area contributed by atoms with Gasteiger partial charge in [-0.25, -0.2) is 13.1 Å². The monoisotopic (exact) mass is 429 g/mol. The number of aryl methyl sites for hydroxylation is 1. The van der Waals surface area contributed by atoms with Crippen LogP contribution in [0.1, 0.15) is 24.4 Å². The van der Waals surface area contributed by atoms with E-state index >= 15 is 0 Å². The van der Waals surface area contributed by atoms with Gasteiger partial charge >= 0.3 is 0 Å². The van der Waals surface area contributed by atoms with E-state index in [1.165, 1.54) is 19.2 Å². The van der Waals surface area contributed by atoms with E-state index in [-0.39, 0.29) is 35.0 Å². The van der Waals surface area contributed by atoms with Gasteiger partial charge in [0, 0.05) is 30.5 Å². The average Bonchev–Trinajstić information content (AvgIpc) is 3.33. The zero-order valence-corrected chi connectivity index (χ0v) is 17.4. The summed E-state index contributed by atoms with van der Waals surface area (Å²) >= 11 is 0. The molecule has 1 aliphatic carbocycles. The van der Waals surface area contributed by atoms with Gasteiger partial charge < -0.3 is 15.4 Å². The molecule has 1 fully saturated rings. The maximum atomic E-state index is 12.6. The molecule has 0 radical (unpaired) electrons. The topological polar surface area (TPSA) is 114 Å². The number of aromatic nitrogens is 2. The Balaban J connectivity index is 0.00000280. The number of methoxy groups -OCH3 is 1. The van der Waals surface area contributed by atoms with Crippen LogP contribution in [0.25, 0.3) is 0 Å². The number of carbonyl (C=O) groups is 1. The van der Waals surface area contributed by atoms with Crippen LogP contribution in [0.5, 0.6) is 5.75 Å². The van der Waals surface area contributed by atoms with E-state index in [0.717, 1.165) is 12.8 Å². The van der Waals surface area contributed by atoms with E-state index < -0.39 is 16.1 Å². The smallest absolute Gasteiger partial charge is 0.246 e. The molecule has 0 saturated heterocycles. The van der Waals surface area contributed by atoms with Crippen LogP contribution in [0.4, 0.5) is 5.69 Å². The summed E-state index contributed by atoms with van der Waals surface area (Å²) in [4.78, 5) is 12.6. The Morgan fingerprint density at radius 2 is 2.07 bits per heavy atom. The predicted molar refractivity (Wildman–Crippen MR) is 107 cm³/mol. The Kier molecular flexibility index (Phi) is 7.05. The van der Waals surface area contributed by atoms with Gasteiger partial charge in [0.2, 0.25) is 15.9 Å². The molecular weight excluding hydrogens is 406 g/mol. The minimum atomic E-state index is -3.73. The number of amides is 1. The molecule has 0 bridgehead atoms. The number of likely N-dealkylation sites (N-methyl/N-ethyl adjacent to an activating group) is 1. The second-order valence-corrected chi connectivity index (χ2v) is 8.10. The third-order valence-electron chi connectivity index (χ3n) is 4.23. The SMILES string of the molecule is CNC(C(=O)Nc1ccc(OC)c(S(=O)(=O)NC2CC2)c1)c1cnn(C)c1.Cl. The van der Waals surface area contributed by atoms with Crippen molar-refractivity contribution in [3.63, 3.8) is 0 Å². The highest BCUT2D eigenvalue weighted by molar-refractivity contribution is 7.89. The first-order chi connectivity index (χ1) is 12.8. The molecule has 0 spiro atoms. The lowest BCUT2D eigenvalue weighted by Crippen LogP contribution is -2.30. The molecule has 1 unspecified atom stereocenters. The lowest BCUT2D eigenvalue weighted by molar-refractivity contribution is -0.118. The molecule has 1 amide bonds. The Labute approximate surface area is 170 Å².